The van der Waals surface area contributed by atoms with Crippen molar-refractivity contribution >= 4 is 29.3 Å². The Morgan fingerprint density at radius 3 is 2.53 bits per heavy atom. The number of furan rings is 1. The molecule has 3 aromatic rings. The molecule has 4 rings (SSSR count). The van der Waals surface area contributed by atoms with Crippen LogP contribution in [-0.2, 0) is 9.53 Å². The van der Waals surface area contributed by atoms with Gasteiger partial charge in [-0.1, -0.05) is 23.5 Å². The van der Waals surface area contributed by atoms with Crippen molar-refractivity contribution in [3.05, 3.63) is 78.7 Å². The molecule has 0 spiro atoms. The Morgan fingerprint density at radius 2 is 1.91 bits per heavy atom. The topological polar surface area (TPSA) is 86.3 Å². The molecule has 0 radical (unpaired) electrons. The number of fused-ring (bicyclic) bond motifs is 1. The first-order valence-electron chi connectivity index (χ1n) is 11.0. The number of thiazole rings is 1. The third-order valence-corrected chi connectivity index (χ3v) is 6.33. The van der Waals surface area contributed by atoms with E-state index in [1.807, 2.05) is 62.3 Å². The molecule has 0 amide bonds. The van der Waals surface area contributed by atoms with E-state index >= 15 is 0 Å². The van der Waals surface area contributed by atoms with Crippen LogP contribution in [0.3, 0.4) is 0 Å². The zero-order valence-corrected chi connectivity index (χ0v) is 20.6. The highest BCUT2D eigenvalue weighted by atomic mass is 32.1. The zero-order valence-electron chi connectivity index (χ0n) is 19.8. The third-order valence-electron chi connectivity index (χ3n) is 5.35. The van der Waals surface area contributed by atoms with Gasteiger partial charge >= 0.3 is 5.97 Å². The molecule has 8 nitrogen and oxygen atoms in total. The molecule has 34 heavy (non-hydrogen) atoms. The Balaban J connectivity index is 1.88. The van der Waals surface area contributed by atoms with E-state index in [4.69, 9.17) is 13.9 Å². The molecule has 178 valence electrons. The maximum absolute atomic E-state index is 13.6. The van der Waals surface area contributed by atoms with E-state index in [0.717, 1.165) is 5.56 Å². The fourth-order valence-electron chi connectivity index (χ4n) is 3.81. The number of aromatic nitrogens is 1. The molecule has 9 heteroatoms. The number of anilines is 1. The van der Waals surface area contributed by atoms with Gasteiger partial charge < -0.3 is 18.8 Å². The Kier molecular flexibility index (Phi) is 6.74. The molecule has 0 saturated heterocycles. The van der Waals surface area contributed by atoms with Gasteiger partial charge in [-0.15, -0.1) is 0 Å². The molecule has 1 aliphatic heterocycles. The lowest BCUT2D eigenvalue weighted by Crippen LogP contribution is -2.39. The smallest absolute Gasteiger partial charge is 0.338 e. The average molecular weight is 482 g/mol. The number of carbonyl (C=O) groups excluding carboxylic acids is 1. The summed E-state index contributed by atoms with van der Waals surface area (Å²) in [5.74, 6) is 1.48. The second kappa shape index (κ2) is 9.72. The zero-order chi connectivity index (χ0) is 24.4. The second-order valence-electron chi connectivity index (χ2n) is 7.87. The summed E-state index contributed by atoms with van der Waals surface area (Å²) in [4.78, 5) is 33.5. The minimum absolute atomic E-state index is 0.225. The molecule has 1 aromatic carbocycles. The Bertz CT molecular complexity index is 1410. The third kappa shape index (κ3) is 4.43. The Labute approximate surface area is 201 Å². The maximum Gasteiger partial charge on any atom is 0.338 e. The number of carbonyl (C=O) groups is 1. The van der Waals surface area contributed by atoms with Gasteiger partial charge in [0.1, 0.15) is 11.5 Å². The van der Waals surface area contributed by atoms with Gasteiger partial charge in [-0.3, -0.25) is 9.36 Å². The van der Waals surface area contributed by atoms with Crippen LogP contribution in [-0.4, -0.2) is 37.8 Å². The number of hydrogen-bond acceptors (Lipinski definition) is 8. The Hall–Kier alpha value is -3.59. The lowest BCUT2D eigenvalue weighted by molar-refractivity contribution is -0.139. The highest BCUT2D eigenvalue weighted by Crippen LogP contribution is 2.31. The molecular weight excluding hydrogens is 454 g/mol. The maximum atomic E-state index is 13.6. The number of rotatable bonds is 7. The van der Waals surface area contributed by atoms with E-state index in [2.05, 4.69) is 4.99 Å². The average Bonchev–Trinajstić information content (AvgIpc) is 3.39. The second-order valence-corrected chi connectivity index (χ2v) is 8.88. The fraction of sp³-hybridized carbons (Fsp3) is 0.320. The van der Waals surface area contributed by atoms with Crippen LogP contribution in [0.1, 0.15) is 38.1 Å². The minimum atomic E-state index is -0.665. The number of benzene rings is 1. The van der Waals surface area contributed by atoms with E-state index in [9.17, 15) is 9.59 Å². The highest BCUT2D eigenvalue weighted by Gasteiger charge is 2.33. The molecular formula is C25H27N3O5S. The van der Waals surface area contributed by atoms with Crippen LogP contribution < -0.4 is 24.5 Å². The first kappa shape index (κ1) is 23.6. The first-order valence-corrected chi connectivity index (χ1v) is 11.8. The van der Waals surface area contributed by atoms with Gasteiger partial charge in [0, 0.05) is 26.2 Å². The summed E-state index contributed by atoms with van der Waals surface area (Å²) in [5, 5.41) is 0. The van der Waals surface area contributed by atoms with E-state index in [-0.39, 0.29) is 12.2 Å². The largest absolute Gasteiger partial charge is 0.494 e. The molecule has 0 fully saturated rings. The van der Waals surface area contributed by atoms with Gasteiger partial charge in [0.15, 0.2) is 10.7 Å². The van der Waals surface area contributed by atoms with E-state index in [0.29, 0.717) is 44.6 Å². The standard InChI is InChI=1S/C25H27N3O5S/c1-6-31-17-10-8-16(9-11-17)22-21(24(30)32-7-2)15(3)26-25-28(22)23(29)19(34-25)14-18-12-13-20(33-18)27(4)5/h8-14,22H,6-7H2,1-5H3/b19-14-/t22-/m1/s1. The van der Waals surface area contributed by atoms with Crippen molar-refractivity contribution in [2.45, 2.75) is 26.8 Å². The van der Waals surface area contributed by atoms with Gasteiger partial charge in [-0.05, 0) is 44.5 Å². The van der Waals surface area contributed by atoms with Crippen LogP contribution in [0.2, 0.25) is 0 Å². The van der Waals surface area contributed by atoms with Crippen molar-refractivity contribution in [3.63, 3.8) is 0 Å². The number of nitrogens with zero attached hydrogens (tertiary/aromatic N) is 3. The van der Waals surface area contributed by atoms with Crippen LogP contribution in [0.4, 0.5) is 5.88 Å². The molecule has 0 N–H and O–H groups in total. The minimum Gasteiger partial charge on any atom is -0.494 e. The van der Waals surface area contributed by atoms with Crippen molar-refractivity contribution in [1.29, 1.82) is 0 Å². The van der Waals surface area contributed by atoms with Crippen molar-refractivity contribution < 1.29 is 18.7 Å². The molecule has 0 bridgehead atoms. The van der Waals surface area contributed by atoms with Crippen molar-refractivity contribution in [2.24, 2.45) is 4.99 Å². The number of hydrogen-bond donors (Lipinski definition) is 0. The predicted molar refractivity (Wildman–Crippen MR) is 131 cm³/mol. The summed E-state index contributed by atoms with van der Waals surface area (Å²) in [5.41, 5.74) is 1.39. The fourth-order valence-corrected chi connectivity index (χ4v) is 4.84. The normalized spacial score (nSPS) is 15.7. The molecule has 2 aromatic heterocycles. The van der Waals surface area contributed by atoms with Crippen LogP contribution >= 0.6 is 11.3 Å². The van der Waals surface area contributed by atoms with Crippen LogP contribution in [0.25, 0.3) is 6.08 Å². The monoisotopic (exact) mass is 481 g/mol. The first-order chi connectivity index (χ1) is 16.3. The lowest BCUT2D eigenvalue weighted by Gasteiger charge is -2.24. The van der Waals surface area contributed by atoms with E-state index in [1.54, 1.807) is 24.5 Å². The molecule has 3 heterocycles. The highest BCUT2D eigenvalue weighted by molar-refractivity contribution is 7.07. The SMILES string of the molecule is CCOC(=O)C1=C(C)N=c2s/c(=C\c3ccc(N(C)C)o3)c(=O)n2[C@@H]1c1ccc(OCC)cc1. The van der Waals surface area contributed by atoms with Crippen molar-refractivity contribution in [3.8, 4) is 5.75 Å². The summed E-state index contributed by atoms with van der Waals surface area (Å²) in [7, 11) is 3.76. The van der Waals surface area contributed by atoms with Crippen molar-refractivity contribution in [1.82, 2.24) is 4.57 Å². The Morgan fingerprint density at radius 1 is 1.18 bits per heavy atom. The molecule has 1 aliphatic rings. The summed E-state index contributed by atoms with van der Waals surface area (Å²) in [6.07, 6.45) is 1.70. The quantitative estimate of drug-likeness (QED) is 0.483. The number of allylic oxidation sites excluding steroid dienone is 1. The summed E-state index contributed by atoms with van der Waals surface area (Å²) >= 11 is 1.26. The van der Waals surface area contributed by atoms with E-state index in [1.165, 1.54) is 11.3 Å². The number of ether oxygens (including phenoxy) is 2. The lowest BCUT2D eigenvalue weighted by atomic mass is 9.96. The summed E-state index contributed by atoms with van der Waals surface area (Å²) in [6, 6.07) is 10.4. The van der Waals surface area contributed by atoms with Crippen LogP contribution in [0.5, 0.6) is 5.75 Å². The van der Waals surface area contributed by atoms with E-state index < -0.39 is 12.0 Å². The molecule has 1 atom stereocenters. The molecule has 0 saturated carbocycles. The molecule has 0 unspecified atom stereocenters. The summed E-state index contributed by atoms with van der Waals surface area (Å²) in [6.45, 7) is 6.20. The predicted octanol–water partition coefficient (Wildman–Crippen LogP) is 2.86. The van der Waals surface area contributed by atoms with Gasteiger partial charge in [-0.2, -0.15) is 0 Å². The van der Waals surface area contributed by atoms with Gasteiger partial charge in [0.2, 0.25) is 0 Å². The van der Waals surface area contributed by atoms with Gasteiger partial charge in [0.25, 0.3) is 5.56 Å². The number of esters is 1. The van der Waals surface area contributed by atoms with Crippen molar-refractivity contribution in [2.75, 3.05) is 32.2 Å². The molecule has 0 aliphatic carbocycles. The van der Waals surface area contributed by atoms with Gasteiger partial charge in [-0.25, -0.2) is 9.79 Å². The van der Waals surface area contributed by atoms with Gasteiger partial charge in [0.05, 0.1) is 35.1 Å². The van der Waals surface area contributed by atoms with Crippen LogP contribution in [0, 0.1) is 0 Å². The summed E-state index contributed by atoms with van der Waals surface area (Å²) < 4.78 is 18.7. The van der Waals surface area contributed by atoms with Crippen LogP contribution in [0.15, 0.2) is 61.9 Å².